The number of hydrogen-bond acceptors (Lipinski definition) is 5. The molecule has 0 bridgehead atoms. The molecule has 0 atom stereocenters. The van der Waals surface area contributed by atoms with Crippen LogP contribution in [0.5, 0.6) is 0 Å². The Morgan fingerprint density at radius 3 is 2.40 bits per heavy atom. The second kappa shape index (κ2) is 7.74. The normalized spacial score (nSPS) is 14.3. The van der Waals surface area contributed by atoms with Crippen molar-refractivity contribution in [1.29, 1.82) is 0 Å². The van der Waals surface area contributed by atoms with Crippen molar-refractivity contribution in [3.8, 4) is 0 Å². The van der Waals surface area contributed by atoms with E-state index >= 15 is 0 Å². The summed E-state index contributed by atoms with van der Waals surface area (Å²) in [7, 11) is 1.94. The summed E-state index contributed by atoms with van der Waals surface area (Å²) in [6.45, 7) is 2.88. The van der Waals surface area contributed by atoms with Crippen LogP contribution in [0.3, 0.4) is 0 Å². The van der Waals surface area contributed by atoms with Crippen molar-refractivity contribution in [2.24, 2.45) is 0 Å². The van der Waals surface area contributed by atoms with Crippen molar-refractivity contribution < 1.29 is 9.59 Å². The van der Waals surface area contributed by atoms with Gasteiger partial charge in [-0.3, -0.25) is 9.59 Å². The second-order valence-corrected chi connectivity index (χ2v) is 6.05. The third-order valence-electron chi connectivity index (χ3n) is 4.27. The lowest BCUT2D eigenvalue weighted by Crippen LogP contribution is -2.48. The highest BCUT2D eigenvalue weighted by Gasteiger charge is 2.22. The summed E-state index contributed by atoms with van der Waals surface area (Å²) >= 11 is 0. The van der Waals surface area contributed by atoms with Gasteiger partial charge in [0.2, 0.25) is 6.41 Å². The predicted molar refractivity (Wildman–Crippen MR) is 94.1 cm³/mol. The van der Waals surface area contributed by atoms with Crippen LogP contribution in [0.4, 0.5) is 5.82 Å². The van der Waals surface area contributed by atoms with Crippen LogP contribution >= 0.6 is 0 Å². The summed E-state index contributed by atoms with van der Waals surface area (Å²) in [4.78, 5) is 28.6. The number of piperazine rings is 1. The van der Waals surface area contributed by atoms with Crippen molar-refractivity contribution in [1.82, 2.24) is 20.0 Å². The lowest BCUT2D eigenvalue weighted by Gasteiger charge is -2.32. The lowest BCUT2D eigenvalue weighted by molar-refractivity contribution is -0.119. The average molecular weight is 339 g/mol. The number of hydrogen-bond donors (Lipinski definition) is 0. The number of carbonyl (C=O) groups is 2. The molecule has 1 aromatic heterocycles. The van der Waals surface area contributed by atoms with Gasteiger partial charge in [-0.25, -0.2) is 0 Å². The Morgan fingerprint density at radius 2 is 1.80 bits per heavy atom. The summed E-state index contributed by atoms with van der Waals surface area (Å²) in [6, 6.07) is 13.6. The van der Waals surface area contributed by atoms with E-state index in [1.54, 1.807) is 15.9 Å². The summed E-state index contributed by atoms with van der Waals surface area (Å²) in [5.41, 5.74) is 1.51. The molecule has 0 saturated carbocycles. The highest BCUT2D eigenvalue weighted by Crippen LogP contribution is 2.13. The first-order valence-electron chi connectivity index (χ1n) is 8.25. The van der Waals surface area contributed by atoms with Crippen molar-refractivity contribution >= 4 is 18.1 Å². The zero-order valence-electron chi connectivity index (χ0n) is 14.2. The van der Waals surface area contributed by atoms with E-state index in [4.69, 9.17) is 0 Å². The fourth-order valence-corrected chi connectivity index (χ4v) is 2.77. The van der Waals surface area contributed by atoms with Crippen LogP contribution < -0.4 is 4.90 Å². The molecule has 7 nitrogen and oxygen atoms in total. The van der Waals surface area contributed by atoms with Gasteiger partial charge in [0.15, 0.2) is 11.5 Å². The summed E-state index contributed by atoms with van der Waals surface area (Å²) in [6.07, 6.45) is 0.818. The van der Waals surface area contributed by atoms with E-state index < -0.39 is 0 Å². The molecule has 0 spiro atoms. The fourth-order valence-electron chi connectivity index (χ4n) is 2.77. The van der Waals surface area contributed by atoms with Gasteiger partial charge in [0.25, 0.3) is 5.91 Å². The zero-order valence-corrected chi connectivity index (χ0v) is 14.2. The molecule has 25 heavy (non-hydrogen) atoms. The third kappa shape index (κ3) is 4.12. The number of carbonyl (C=O) groups excluding carboxylic acids is 2. The maximum atomic E-state index is 12.5. The summed E-state index contributed by atoms with van der Waals surface area (Å²) in [5, 5.41) is 8.27. The van der Waals surface area contributed by atoms with E-state index in [2.05, 4.69) is 22.3 Å². The number of rotatable bonds is 5. The zero-order chi connectivity index (χ0) is 17.6. The highest BCUT2D eigenvalue weighted by atomic mass is 16.2. The second-order valence-electron chi connectivity index (χ2n) is 6.05. The topological polar surface area (TPSA) is 69.6 Å². The first kappa shape index (κ1) is 16.9. The fraction of sp³-hybridized carbons (Fsp3) is 0.333. The lowest BCUT2D eigenvalue weighted by atomic mass is 10.2. The smallest absolute Gasteiger partial charge is 0.274 e. The Kier molecular flexibility index (Phi) is 5.23. The van der Waals surface area contributed by atoms with Crippen LogP contribution in [0.15, 0.2) is 42.5 Å². The van der Waals surface area contributed by atoms with Gasteiger partial charge in [-0.05, 0) is 17.7 Å². The van der Waals surface area contributed by atoms with E-state index in [1.165, 1.54) is 5.56 Å². The predicted octanol–water partition coefficient (Wildman–Crippen LogP) is 1.03. The summed E-state index contributed by atoms with van der Waals surface area (Å²) in [5.74, 6) is 0.571. The third-order valence-corrected chi connectivity index (χ3v) is 4.27. The monoisotopic (exact) mass is 339 g/mol. The molecule has 2 aromatic rings. The van der Waals surface area contributed by atoms with E-state index in [-0.39, 0.29) is 5.91 Å². The van der Waals surface area contributed by atoms with Crippen LogP contribution in [-0.4, -0.2) is 65.5 Å². The molecule has 7 heteroatoms. The van der Waals surface area contributed by atoms with Crippen LogP contribution in [0, 0.1) is 0 Å². The molecule has 0 radical (unpaired) electrons. The minimum absolute atomic E-state index is 0.143. The van der Waals surface area contributed by atoms with Crippen LogP contribution in [-0.2, 0) is 11.3 Å². The first-order chi connectivity index (χ1) is 12.2. The number of nitrogens with zero attached hydrogens (tertiary/aromatic N) is 5. The first-order valence-corrected chi connectivity index (χ1v) is 8.25. The van der Waals surface area contributed by atoms with E-state index in [0.29, 0.717) is 37.7 Å². The molecular weight excluding hydrogens is 318 g/mol. The molecule has 1 saturated heterocycles. The largest absolute Gasteiger partial charge is 0.354 e. The van der Waals surface area contributed by atoms with Crippen LogP contribution in [0.2, 0.25) is 0 Å². The number of benzene rings is 1. The maximum Gasteiger partial charge on any atom is 0.274 e. The Hall–Kier alpha value is -2.96. The Bertz CT molecular complexity index is 712. The molecule has 3 rings (SSSR count). The molecule has 1 aromatic carbocycles. The number of aromatic nitrogens is 2. The molecule has 2 heterocycles. The minimum Gasteiger partial charge on any atom is -0.354 e. The van der Waals surface area contributed by atoms with Crippen molar-refractivity contribution in [3.63, 3.8) is 0 Å². The quantitative estimate of drug-likeness (QED) is 0.761. The van der Waals surface area contributed by atoms with Gasteiger partial charge >= 0.3 is 0 Å². The average Bonchev–Trinajstić information content (AvgIpc) is 2.68. The molecule has 0 N–H and O–H groups in total. The molecule has 2 amide bonds. The van der Waals surface area contributed by atoms with Crippen LogP contribution in [0.25, 0.3) is 0 Å². The standard InChI is InChI=1S/C18H21N5O2/c1-21(13-15-5-3-2-4-6-15)17-8-7-16(19-20-17)18(25)23-11-9-22(14-24)10-12-23/h2-8,14H,9-13H2,1H3. The van der Waals surface area contributed by atoms with Gasteiger partial charge in [0, 0.05) is 39.8 Å². The Morgan fingerprint density at radius 1 is 1.08 bits per heavy atom. The van der Waals surface area contributed by atoms with Crippen molar-refractivity contribution in [3.05, 3.63) is 53.7 Å². The molecule has 0 unspecified atom stereocenters. The van der Waals surface area contributed by atoms with E-state index in [9.17, 15) is 9.59 Å². The molecule has 1 fully saturated rings. The minimum atomic E-state index is -0.143. The molecule has 1 aliphatic rings. The van der Waals surface area contributed by atoms with Gasteiger partial charge in [-0.2, -0.15) is 0 Å². The SMILES string of the molecule is CN(Cc1ccccc1)c1ccc(C(=O)N2CCN(C=O)CC2)nn1. The van der Waals surface area contributed by atoms with Gasteiger partial charge in [-0.15, -0.1) is 10.2 Å². The van der Waals surface area contributed by atoms with E-state index in [1.807, 2.05) is 36.2 Å². The van der Waals surface area contributed by atoms with Gasteiger partial charge in [0.1, 0.15) is 0 Å². The summed E-state index contributed by atoms with van der Waals surface area (Å²) < 4.78 is 0. The molecule has 1 aliphatic heterocycles. The highest BCUT2D eigenvalue weighted by molar-refractivity contribution is 5.92. The van der Waals surface area contributed by atoms with E-state index in [0.717, 1.165) is 13.0 Å². The van der Waals surface area contributed by atoms with Gasteiger partial charge < -0.3 is 14.7 Å². The molecular formula is C18H21N5O2. The number of anilines is 1. The Labute approximate surface area is 146 Å². The van der Waals surface area contributed by atoms with Crippen molar-refractivity contribution in [2.75, 3.05) is 38.1 Å². The number of amides is 2. The molecule has 0 aliphatic carbocycles. The maximum absolute atomic E-state index is 12.5. The van der Waals surface area contributed by atoms with Gasteiger partial charge in [0.05, 0.1) is 0 Å². The van der Waals surface area contributed by atoms with Crippen molar-refractivity contribution in [2.45, 2.75) is 6.54 Å². The Balaban J connectivity index is 1.61. The van der Waals surface area contributed by atoms with Gasteiger partial charge in [-0.1, -0.05) is 30.3 Å². The van der Waals surface area contributed by atoms with Crippen LogP contribution in [0.1, 0.15) is 16.1 Å². The molecule has 130 valence electrons.